The van der Waals surface area contributed by atoms with Gasteiger partial charge in [-0.05, 0) is 37.4 Å². The molecule has 1 N–H and O–H groups in total. The third-order valence-corrected chi connectivity index (χ3v) is 4.34. The molecular formula is C13H22ClNS. The van der Waals surface area contributed by atoms with Crippen LogP contribution in [0.5, 0.6) is 0 Å². The molecule has 1 aromatic heterocycles. The van der Waals surface area contributed by atoms with Gasteiger partial charge in [-0.3, -0.25) is 0 Å². The highest BCUT2D eigenvalue weighted by Crippen LogP contribution is 2.16. The summed E-state index contributed by atoms with van der Waals surface area (Å²) in [7, 11) is 0. The van der Waals surface area contributed by atoms with Crippen molar-refractivity contribution in [3.63, 3.8) is 0 Å². The molecule has 3 heteroatoms. The first kappa shape index (κ1) is 14.0. The number of hydrogen-bond donors (Lipinski definition) is 1. The van der Waals surface area contributed by atoms with Gasteiger partial charge in [-0.2, -0.15) is 0 Å². The van der Waals surface area contributed by atoms with Crippen molar-refractivity contribution in [3.05, 3.63) is 21.9 Å². The van der Waals surface area contributed by atoms with Crippen LogP contribution in [-0.2, 0) is 13.0 Å². The Bertz CT molecular complexity index is 285. The van der Waals surface area contributed by atoms with Gasteiger partial charge in [-0.25, -0.2) is 0 Å². The summed E-state index contributed by atoms with van der Waals surface area (Å²) in [6.07, 6.45) is 3.48. The zero-order chi connectivity index (χ0) is 11.8. The van der Waals surface area contributed by atoms with Crippen LogP contribution in [-0.4, -0.2) is 12.4 Å². The van der Waals surface area contributed by atoms with E-state index in [1.54, 1.807) is 0 Å². The molecule has 92 valence electrons. The second-order valence-corrected chi connectivity index (χ2v) is 5.74. The SMILES string of the molecule is CCc1ccc(CNCC(CC)CCCl)s1. The lowest BCUT2D eigenvalue weighted by Crippen LogP contribution is -2.22. The van der Waals surface area contributed by atoms with Crippen molar-refractivity contribution < 1.29 is 0 Å². The van der Waals surface area contributed by atoms with E-state index in [-0.39, 0.29) is 0 Å². The normalized spacial score (nSPS) is 12.9. The third-order valence-electron chi connectivity index (χ3n) is 2.89. The Morgan fingerprint density at radius 2 is 2.06 bits per heavy atom. The van der Waals surface area contributed by atoms with Gasteiger partial charge in [0, 0.05) is 22.2 Å². The van der Waals surface area contributed by atoms with E-state index < -0.39 is 0 Å². The Morgan fingerprint density at radius 1 is 1.31 bits per heavy atom. The average molecular weight is 260 g/mol. The topological polar surface area (TPSA) is 12.0 Å². The molecule has 0 saturated heterocycles. The maximum atomic E-state index is 5.77. The zero-order valence-corrected chi connectivity index (χ0v) is 11.8. The Kier molecular flexibility index (Phi) is 7.10. The number of rotatable bonds is 8. The van der Waals surface area contributed by atoms with E-state index in [4.69, 9.17) is 11.6 Å². The molecule has 0 aliphatic heterocycles. The summed E-state index contributed by atoms with van der Waals surface area (Å²) in [6, 6.07) is 4.47. The summed E-state index contributed by atoms with van der Waals surface area (Å²) in [6.45, 7) is 6.53. The van der Waals surface area contributed by atoms with E-state index in [9.17, 15) is 0 Å². The number of nitrogens with one attached hydrogen (secondary N) is 1. The van der Waals surface area contributed by atoms with Crippen LogP contribution in [0.4, 0.5) is 0 Å². The maximum Gasteiger partial charge on any atom is 0.0299 e. The fourth-order valence-corrected chi connectivity index (χ4v) is 2.95. The largest absolute Gasteiger partial charge is 0.312 e. The number of aryl methyl sites for hydroxylation is 1. The van der Waals surface area contributed by atoms with Crippen LogP contribution in [0.3, 0.4) is 0 Å². The molecular weight excluding hydrogens is 238 g/mol. The summed E-state index contributed by atoms with van der Waals surface area (Å²) in [4.78, 5) is 2.92. The van der Waals surface area contributed by atoms with E-state index >= 15 is 0 Å². The number of thiophene rings is 1. The molecule has 0 spiro atoms. The summed E-state index contributed by atoms with van der Waals surface area (Å²) >= 11 is 7.68. The van der Waals surface area contributed by atoms with Gasteiger partial charge >= 0.3 is 0 Å². The van der Waals surface area contributed by atoms with Gasteiger partial charge in [0.2, 0.25) is 0 Å². The monoisotopic (exact) mass is 259 g/mol. The minimum atomic E-state index is 0.725. The fraction of sp³-hybridized carbons (Fsp3) is 0.692. The van der Waals surface area contributed by atoms with Gasteiger partial charge in [0.15, 0.2) is 0 Å². The van der Waals surface area contributed by atoms with E-state index in [2.05, 4.69) is 31.3 Å². The molecule has 0 amide bonds. The molecule has 1 aromatic rings. The lowest BCUT2D eigenvalue weighted by atomic mass is 10.0. The minimum Gasteiger partial charge on any atom is -0.312 e. The number of alkyl halides is 1. The molecule has 0 fully saturated rings. The second kappa shape index (κ2) is 8.10. The molecule has 1 rings (SSSR count). The molecule has 16 heavy (non-hydrogen) atoms. The molecule has 0 radical (unpaired) electrons. The Balaban J connectivity index is 2.23. The molecule has 0 aromatic carbocycles. The highest BCUT2D eigenvalue weighted by molar-refractivity contribution is 7.11. The highest BCUT2D eigenvalue weighted by atomic mass is 35.5. The maximum absolute atomic E-state index is 5.77. The van der Waals surface area contributed by atoms with Crippen LogP contribution in [0.1, 0.15) is 36.4 Å². The van der Waals surface area contributed by atoms with Crippen LogP contribution >= 0.6 is 22.9 Å². The summed E-state index contributed by atoms with van der Waals surface area (Å²) < 4.78 is 0. The molecule has 0 aliphatic carbocycles. The van der Waals surface area contributed by atoms with Gasteiger partial charge in [-0.1, -0.05) is 20.3 Å². The van der Waals surface area contributed by atoms with Gasteiger partial charge < -0.3 is 5.32 Å². The van der Waals surface area contributed by atoms with E-state index in [1.165, 1.54) is 16.2 Å². The second-order valence-electron chi connectivity index (χ2n) is 4.10. The lowest BCUT2D eigenvalue weighted by Gasteiger charge is -2.13. The van der Waals surface area contributed by atoms with Crippen LogP contribution in [0.25, 0.3) is 0 Å². The number of hydrogen-bond acceptors (Lipinski definition) is 2. The van der Waals surface area contributed by atoms with Crippen molar-refractivity contribution in [2.45, 2.75) is 39.7 Å². The van der Waals surface area contributed by atoms with Gasteiger partial charge in [0.25, 0.3) is 0 Å². The van der Waals surface area contributed by atoms with Gasteiger partial charge in [0.05, 0.1) is 0 Å². The smallest absolute Gasteiger partial charge is 0.0299 e. The van der Waals surface area contributed by atoms with Crippen LogP contribution < -0.4 is 5.32 Å². The molecule has 0 aliphatic rings. The first-order valence-electron chi connectivity index (χ1n) is 6.14. The summed E-state index contributed by atoms with van der Waals surface area (Å²) in [5.41, 5.74) is 0. The quantitative estimate of drug-likeness (QED) is 0.695. The average Bonchev–Trinajstić information content (AvgIpc) is 2.76. The molecule has 0 saturated carbocycles. The summed E-state index contributed by atoms with van der Waals surface area (Å²) in [5, 5.41) is 3.53. The predicted octanol–water partition coefficient (Wildman–Crippen LogP) is 4.06. The first-order chi connectivity index (χ1) is 7.80. The lowest BCUT2D eigenvalue weighted by molar-refractivity contribution is 0.452. The van der Waals surface area contributed by atoms with Crippen LogP contribution in [0, 0.1) is 5.92 Å². The minimum absolute atomic E-state index is 0.725. The zero-order valence-electron chi connectivity index (χ0n) is 10.3. The molecule has 0 bridgehead atoms. The Labute approximate surface area is 108 Å². The van der Waals surface area contributed by atoms with Crippen LogP contribution in [0.15, 0.2) is 12.1 Å². The highest BCUT2D eigenvalue weighted by Gasteiger charge is 2.05. The first-order valence-corrected chi connectivity index (χ1v) is 7.49. The van der Waals surface area contributed by atoms with Crippen molar-refractivity contribution in [1.29, 1.82) is 0 Å². The van der Waals surface area contributed by atoms with Gasteiger partial charge in [0.1, 0.15) is 0 Å². The molecule has 1 nitrogen and oxygen atoms in total. The predicted molar refractivity (Wildman–Crippen MR) is 74.5 cm³/mol. The van der Waals surface area contributed by atoms with E-state index in [1.807, 2.05) is 11.3 Å². The summed E-state index contributed by atoms with van der Waals surface area (Å²) in [5.74, 6) is 1.50. The standard InChI is InChI=1S/C13H22ClNS/c1-3-11(7-8-14)9-15-10-13-6-5-12(4-2)16-13/h5-6,11,15H,3-4,7-10H2,1-2H3. The van der Waals surface area contributed by atoms with Crippen molar-refractivity contribution in [2.24, 2.45) is 5.92 Å². The van der Waals surface area contributed by atoms with Crippen molar-refractivity contribution >= 4 is 22.9 Å². The van der Waals surface area contributed by atoms with Crippen molar-refractivity contribution in [1.82, 2.24) is 5.32 Å². The third kappa shape index (κ3) is 4.86. The number of halogens is 1. The Hall–Kier alpha value is -0.0500. The van der Waals surface area contributed by atoms with Crippen molar-refractivity contribution in [3.8, 4) is 0 Å². The molecule has 1 atom stereocenters. The van der Waals surface area contributed by atoms with E-state index in [0.29, 0.717) is 0 Å². The van der Waals surface area contributed by atoms with Gasteiger partial charge in [-0.15, -0.1) is 22.9 Å². The Morgan fingerprint density at radius 3 is 2.62 bits per heavy atom. The van der Waals surface area contributed by atoms with E-state index in [0.717, 1.165) is 37.7 Å². The van der Waals surface area contributed by atoms with Crippen molar-refractivity contribution in [2.75, 3.05) is 12.4 Å². The van der Waals surface area contributed by atoms with Crippen LogP contribution in [0.2, 0.25) is 0 Å². The molecule has 1 heterocycles. The fourth-order valence-electron chi connectivity index (χ4n) is 1.71. The molecule has 1 unspecified atom stereocenters.